The molecule has 0 aliphatic rings. The van der Waals surface area contributed by atoms with Crippen molar-refractivity contribution < 1.29 is 14.7 Å². The van der Waals surface area contributed by atoms with Crippen LogP contribution >= 0.6 is 0 Å². The van der Waals surface area contributed by atoms with Crippen LogP contribution in [0.3, 0.4) is 0 Å². The van der Waals surface area contributed by atoms with Crippen molar-refractivity contribution in [2.75, 3.05) is 5.32 Å². The average molecular weight is 273 g/mol. The van der Waals surface area contributed by atoms with E-state index in [1.165, 1.54) is 10.7 Å². The Morgan fingerprint density at radius 1 is 1.30 bits per heavy atom. The third kappa shape index (κ3) is 2.85. The van der Waals surface area contributed by atoms with Crippen molar-refractivity contribution in [3.05, 3.63) is 36.0 Å². The fourth-order valence-corrected chi connectivity index (χ4v) is 1.78. The second kappa shape index (κ2) is 5.56. The molecule has 2 N–H and O–H groups in total. The molecule has 0 spiro atoms. The van der Waals surface area contributed by atoms with Gasteiger partial charge in [0.2, 0.25) is 5.91 Å². The third-order valence-electron chi connectivity index (χ3n) is 2.88. The Bertz CT molecular complexity index is 644. The molecule has 2 aromatic rings. The van der Waals surface area contributed by atoms with Crippen molar-refractivity contribution >= 4 is 17.6 Å². The smallest absolute Gasteiger partial charge is 0.354 e. The van der Waals surface area contributed by atoms with Crippen LogP contribution in [-0.4, -0.2) is 26.8 Å². The predicted octanol–water partition coefficient (Wildman–Crippen LogP) is 2.13. The molecule has 0 saturated heterocycles. The van der Waals surface area contributed by atoms with Gasteiger partial charge in [-0.1, -0.05) is 19.1 Å². The average Bonchev–Trinajstić information content (AvgIpc) is 2.81. The van der Waals surface area contributed by atoms with Crippen LogP contribution < -0.4 is 5.32 Å². The second-order valence-electron chi connectivity index (χ2n) is 4.32. The van der Waals surface area contributed by atoms with Crippen molar-refractivity contribution in [1.82, 2.24) is 9.78 Å². The van der Waals surface area contributed by atoms with Gasteiger partial charge >= 0.3 is 5.97 Å². The van der Waals surface area contributed by atoms with Gasteiger partial charge in [-0.15, -0.1) is 0 Å². The lowest BCUT2D eigenvalue weighted by Crippen LogP contribution is -2.09. The van der Waals surface area contributed by atoms with E-state index in [0.717, 1.165) is 5.56 Å². The summed E-state index contributed by atoms with van der Waals surface area (Å²) in [6.45, 7) is 1.78. The first-order valence-corrected chi connectivity index (χ1v) is 6.19. The van der Waals surface area contributed by atoms with Crippen LogP contribution in [0.5, 0.6) is 0 Å². The molecule has 104 valence electrons. The number of aromatic nitrogens is 2. The van der Waals surface area contributed by atoms with Gasteiger partial charge in [-0.3, -0.25) is 9.48 Å². The molecule has 2 rings (SSSR count). The molecule has 0 saturated carbocycles. The number of anilines is 1. The summed E-state index contributed by atoms with van der Waals surface area (Å²) in [7, 11) is 1.59. The van der Waals surface area contributed by atoms with Crippen LogP contribution in [-0.2, 0) is 11.8 Å². The largest absolute Gasteiger partial charge is 0.477 e. The molecule has 6 heteroatoms. The molecular weight excluding hydrogens is 258 g/mol. The Kier molecular flexibility index (Phi) is 3.84. The van der Waals surface area contributed by atoms with Gasteiger partial charge in [-0.05, 0) is 18.2 Å². The lowest BCUT2D eigenvalue weighted by molar-refractivity contribution is -0.115. The Morgan fingerprint density at radius 3 is 2.45 bits per heavy atom. The highest BCUT2D eigenvalue weighted by molar-refractivity contribution is 5.91. The molecule has 0 aliphatic heterocycles. The zero-order valence-corrected chi connectivity index (χ0v) is 11.3. The van der Waals surface area contributed by atoms with Gasteiger partial charge in [0, 0.05) is 24.7 Å². The lowest BCUT2D eigenvalue weighted by atomic mass is 10.1. The van der Waals surface area contributed by atoms with E-state index in [0.29, 0.717) is 17.8 Å². The van der Waals surface area contributed by atoms with Crippen LogP contribution in [0.1, 0.15) is 23.8 Å². The fraction of sp³-hybridized carbons (Fsp3) is 0.214. The summed E-state index contributed by atoms with van der Waals surface area (Å²) in [4.78, 5) is 22.2. The summed E-state index contributed by atoms with van der Waals surface area (Å²) in [5, 5.41) is 15.9. The predicted molar refractivity (Wildman–Crippen MR) is 74.5 cm³/mol. The SMILES string of the molecule is CCC(=O)Nc1ccc(-c2cc(C(=O)O)n(C)n2)cc1. The molecule has 20 heavy (non-hydrogen) atoms. The van der Waals surface area contributed by atoms with Crippen molar-refractivity contribution in [2.45, 2.75) is 13.3 Å². The fourth-order valence-electron chi connectivity index (χ4n) is 1.78. The number of nitrogens with zero attached hydrogens (tertiary/aromatic N) is 2. The van der Waals surface area contributed by atoms with E-state index in [1.54, 1.807) is 38.2 Å². The van der Waals surface area contributed by atoms with Gasteiger partial charge in [0.25, 0.3) is 0 Å². The van der Waals surface area contributed by atoms with Gasteiger partial charge in [0.1, 0.15) is 5.69 Å². The Labute approximate surface area is 116 Å². The monoisotopic (exact) mass is 273 g/mol. The number of nitrogens with one attached hydrogen (secondary N) is 1. The van der Waals surface area contributed by atoms with Crippen molar-refractivity contribution in [2.24, 2.45) is 7.05 Å². The molecule has 0 atom stereocenters. The van der Waals surface area contributed by atoms with Crippen LogP contribution in [0.2, 0.25) is 0 Å². The minimum Gasteiger partial charge on any atom is -0.477 e. The number of amides is 1. The molecule has 1 heterocycles. The number of hydrogen-bond acceptors (Lipinski definition) is 3. The van der Waals surface area contributed by atoms with Crippen molar-refractivity contribution in [3.8, 4) is 11.3 Å². The van der Waals surface area contributed by atoms with Crippen LogP contribution in [0.4, 0.5) is 5.69 Å². The number of benzene rings is 1. The topological polar surface area (TPSA) is 84.2 Å². The van der Waals surface area contributed by atoms with E-state index in [1.807, 2.05) is 0 Å². The van der Waals surface area contributed by atoms with E-state index in [9.17, 15) is 9.59 Å². The first kappa shape index (κ1) is 13.8. The normalized spacial score (nSPS) is 10.3. The highest BCUT2D eigenvalue weighted by atomic mass is 16.4. The van der Waals surface area contributed by atoms with E-state index in [-0.39, 0.29) is 11.6 Å². The molecule has 1 aromatic carbocycles. The number of rotatable bonds is 4. The molecule has 0 bridgehead atoms. The Balaban J connectivity index is 2.24. The summed E-state index contributed by atoms with van der Waals surface area (Å²) < 4.78 is 1.32. The first-order valence-electron chi connectivity index (χ1n) is 6.19. The number of carboxylic acid groups (broad SMARTS) is 1. The lowest BCUT2D eigenvalue weighted by Gasteiger charge is -2.03. The summed E-state index contributed by atoms with van der Waals surface area (Å²) in [6.07, 6.45) is 0.421. The number of carbonyl (C=O) groups excluding carboxylic acids is 1. The maximum Gasteiger partial charge on any atom is 0.354 e. The quantitative estimate of drug-likeness (QED) is 0.893. The van der Waals surface area contributed by atoms with Gasteiger partial charge in [0.05, 0.1) is 5.69 Å². The Hall–Kier alpha value is -2.63. The first-order chi connectivity index (χ1) is 9.51. The number of aryl methyl sites for hydroxylation is 1. The number of carboxylic acids is 1. The summed E-state index contributed by atoms with van der Waals surface area (Å²) in [6, 6.07) is 8.62. The molecule has 0 fully saturated rings. The number of aromatic carboxylic acids is 1. The maximum absolute atomic E-state index is 11.3. The molecular formula is C14H15N3O3. The van der Waals surface area contributed by atoms with Gasteiger partial charge in [-0.2, -0.15) is 5.10 Å². The minimum absolute atomic E-state index is 0.0521. The van der Waals surface area contributed by atoms with Crippen LogP contribution in [0.15, 0.2) is 30.3 Å². The van der Waals surface area contributed by atoms with E-state index in [4.69, 9.17) is 5.11 Å². The molecule has 0 aliphatic carbocycles. The summed E-state index contributed by atoms with van der Waals surface area (Å²) in [5.41, 5.74) is 2.21. The summed E-state index contributed by atoms with van der Waals surface area (Å²) in [5.74, 6) is -1.07. The standard InChI is InChI=1S/C14H15N3O3/c1-3-13(18)15-10-6-4-9(5-7-10)11-8-12(14(19)20)17(2)16-11/h4-8H,3H2,1-2H3,(H,15,18)(H,19,20). The second-order valence-corrected chi connectivity index (χ2v) is 4.32. The highest BCUT2D eigenvalue weighted by Crippen LogP contribution is 2.21. The van der Waals surface area contributed by atoms with Crippen molar-refractivity contribution in [3.63, 3.8) is 0 Å². The molecule has 1 amide bonds. The molecule has 6 nitrogen and oxygen atoms in total. The number of carbonyl (C=O) groups is 2. The highest BCUT2D eigenvalue weighted by Gasteiger charge is 2.12. The van der Waals surface area contributed by atoms with E-state index >= 15 is 0 Å². The zero-order chi connectivity index (χ0) is 14.7. The summed E-state index contributed by atoms with van der Waals surface area (Å²) >= 11 is 0. The minimum atomic E-state index is -1.02. The molecule has 1 aromatic heterocycles. The van der Waals surface area contributed by atoms with E-state index < -0.39 is 5.97 Å². The van der Waals surface area contributed by atoms with Gasteiger partial charge in [0.15, 0.2) is 0 Å². The third-order valence-corrected chi connectivity index (χ3v) is 2.88. The van der Waals surface area contributed by atoms with Gasteiger partial charge in [-0.25, -0.2) is 4.79 Å². The van der Waals surface area contributed by atoms with Crippen LogP contribution in [0, 0.1) is 0 Å². The molecule has 0 unspecified atom stereocenters. The molecule has 0 radical (unpaired) electrons. The maximum atomic E-state index is 11.3. The zero-order valence-electron chi connectivity index (χ0n) is 11.3. The van der Waals surface area contributed by atoms with Crippen molar-refractivity contribution in [1.29, 1.82) is 0 Å². The Morgan fingerprint density at radius 2 is 1.95 bits per heavy atom. The van der Waals surface area contributed by atoms with E-state index in [2.05, 4.69) is 10.4 Å². The van der Waals surface area contributed by atoms with Crippen LogP contribution in [0.25, 0.3) is 11.3 Å². The number of hydrogen-bond donors (Lipinski definition) is 2. The van der Waals surface area contributed by atoms with Gasteiger partial charge < -0.3 is 10.4 Å².